The maximum absolute atomic E-state index is 13.7. The van der Waals surface area contributed by atoms with Gasteiger partial charge in [-0.1, -0.05) is 84.6 Å². The van der Waals surface area contributed by atoms with Gasteiger partial charge in [-0.05, 0) is 165 Å². The second-order valence-electron chi connectivity index (χ2n) is 25.0. The molecule has 480 valence electrons. The van der Waals surface area contributed by atoms with E-state index in [4.69, 9.17) is 39.9 Å². The third-order valence-corrected chi connectivity index (χ3v) is 19.0. The molecule has 6 aromatic carbocycles. The maximum Gasteiger partial charge on any atom is 0.289 e. The molecule has 0 aliphatic carbocycles. The largest absolute Gasteiger partial charge is 0.492 e. The smallest absolute Gasteiger partial charge is 0.289 e. The molecule has 3 amide bonds. The summed E-state index contributed by atoms with van der Waals surface area (Å²) in [4.78, 5) is 45.8. The summed E-state index contributed by atoms with van der Waals surface area (Å²) in [6, 6.07) is 48.7. The normalized spacial score (nSPS) is 16.5. The molecule has 3 saturated heterocycles. The summed E-state index contributed by atoms with van der Waals surface area (Å²) in [7, 11) is 3.75. The molecule has 8 aromatic rings. The van der Waals surface area contributed by atoms with E-state index in [2.05, 4.69) is 54.0 Å². The van der Waals surface area contributed by atoms with Crippen molar-refractivity contribution in [3.05, 3.63) is 249 Å². The van der Waals surface area contributed by atoms with Gasteiger partial charge in [0.15, 0.2) is 34.7 Å². The molecule has 6 aliphatic rings. The molecule has 0 saturated carbocycles. The lowest BCUT2D eigenvalue weighted by Gasteiger charge is -2.38. The number of likely N-dealkylation sites (tertiary alicyclic amines) is 3. The molecule has 15 nitrogen and oxygen atoms in total. The molecule has 14 rings (SSSR count). The quantitative estimate of drug-likeness (QED) is 0.0567. The van der Waals surface area contributed by atoms with Crippen molar-refractivity contribution < 1.29 is 46.2 Å². The predicted octanol–water partition coefficient (Wildman–Crippen LogP) is 11.3. The number of ether oxygens (including phenoxy) is 3. The van der Waals surface area contributed by atoms with Crippen LogP contribution in [0.4, 0.5) is 8.78 Å². The number of amides is 3. The number of carbonyl (C=O) groups is 3. The number of nitrogens with zero attached hydrogens (tertiary/aromatic N) is 4. The number of benzene rings is 6. The van der Waals surface area contributed by atoms with Crippen LogP contribution in [0.2, 0.25) is 0 Å². The minimum Gasteiger partial charge on any atom is -0.492 e. The Balaban J connectivity index is 0.000000136. The van der Waals surface area contributed by atoms with E-state index in [1.807, 2.05) is 109 Å². The highest BCUT2D eigenvalue weighted by Gasteiger charge is 2.47. The Morgan fingerprint density at radius 1 is 0.543 bits per heavy atom. The average molecular weight is 1260 g/mol. The van der Waals surface area contributed by atoms with Crippen LogP contribution >= 0.6 is 0 Å². The van der Waals surface area contributed by atoms with Crippen molar-refractivity contribution in [2.75, 3.05) is 79.7 Å². The molecule has 94 heavy (non-hydrogen) atoms. The van der Waals surface area contributed by atoms with Crippen LogP contribution < -0.4 is 25.7 Å². The fraction of sp³-hybridized carbons (Fsp3) is 0.299. The Hall–Kier alpha value is -10.2. The first-order chi connectivity index (χ1) is 45.6. The van der Waals surface area contributed by atoms with E-state index in [0.717, 1.165) is 96.1 Å². The number of amidine groups is 1. The Morgan fingerprint density at radius 3 is 1.48 bits per heavy atom. The molecule has 0 bridgehead atoms. The zero-order valence-corrected chi connectivity index (χ0v) is 52.9. The van der Waals surface area contributed by atoms with Crippen molar-refractivity contribution in [1.82, 2.24) is 19.6 Å². The van der Waals surface area contributed by atoms with Gasteiger partial charge in [-0.15, -0.1) is 0 Å². The third kappa shape index (κ3) is 13.8. The van der Waals surface area contributed by atoms with Gasteiger partial charge in [0, 0.05) is 121 Å². The fourth-order valence-corrected chi connectivity index (χ4v) is 13.3. The molecule has 3 fully saturated rings. The SMILES string of the molecule is CN(C)C(=N)c1ccc2c(c1)C1(CCN(C(=O)c3ccc(C#Cc4ccccc4)o3)CC1)CO2.NCCc1ccc2c(c1)C1(CCN(C(=O)c3ccc(C#Cc4ccccc4)o3)CC1)CO2.NCc1ccc2c(c1)C1(CCN(C(=O)/C=C/c3cccc(F)c3F)CC1)CO2. The number of nitrogens with two attached hydrogens (primary N) is 2. The summed E-state index contributed by atoms with van der Waals surface area (Å²) in [6.07, 6.45) is 8.45. The van der Waals surface area contributed by atoms with Gasteiger partial charge in [0.1, 0.15) is 23.1 Å². The summed E-state index contributed by atoms with van der Waals surface area (Å²) in [6.45, 7) is 6.80. The van der Waals surface area contributed by atoms with Gasteiger partial charge in [0.05, 0.1) is 19.8 Å². The van der Waals surface area contributed by atoms with Gasteiger partial charge in [0.2, 0.25) is 5.91 Å². The van der Waals surface area contributed by atoms with E-state index in [9.17, 15) is 23.2 Å². The van der Waals surface area contributed by atoms with Crippen LogP contribution in [-0.4, -0.2) is 123 Å². The Bertz CT molecular complexity index is 4260. The summed E-state index contributed by atoms with van der Waals surface area (Å²) in [5.74, 6) is 14.7. The molecular weight excluding hydrogens is 1190 g/mol. The second-order valence-corrected chi connectivity index (χ2v) is 25.0. The standard InChI is InChI=1S/C28H27N3O3.C27H26N2O3.C22H22F2N2O2/c1-30(2)26(29)21-9-12-24-23(18-21)28(19-33-24)14-16-31(17-15-28)27(32)25-13-11-22(34-25)10-8-20-6-4-3-5-7-20;28-15-12-21-7-10-24-23(18-21)27(19-31-24)13-16-29(17-14-27)26(30)25-11-9-22(32-25)8-6-20-4-2-1-3-5-20;23-18-3-1-2-16(21(18)24)5-7-20(27)26-10-8-22(9-11-26)14-28-19-6-4-15(13-25)12-17(19)22/h3-7,9,11-13,18,29H,14-17,19H2,1-2H3;1-5,7,9-11,18H,12-17,19,28H2;1-7,12H,8-11,13-14,25H2/b;;7-5+. The number of hydrogen-bond donors (Lipinski definition) is 3. The van der Waals surface area contributed by atoms with E-state index in [-0.39, 0.29) is 39.5 Å². The first kappa shape index (κ1) is 63.9. The Labute approximate surface area is 546 Å². The van der Waals surface area contributed by atoms with Crippen molar-refractivity contribution in [3.63, 3.8) is 0 Å². The number of fused-ring (bicyclic) bond motifs is 6. The van der Waals surface area contributed by atoms with Crippen molar-refractivity contribution in [1.29, 1.82) is 5.41 Å². The monoisotopic (exact) mass is 1260 g/mol. The van der Waals surface area contributed by atoms with Gasteiger partial charge >= 0.3 is 0 Å². The summed E-state index contributed by atoms with van der Waals surface area (Å²) < 4.78 is 56.4. The van der Waals surface area contributed by atoms with E-state index in [0.29, 0.717) is 101 Å². The molecule has 2 aromatic heterocycles. The van der Waals surface area contributed by atoms with Crippen LogP contribution in [0.3, 0.4) is 0 Å². The fourth-order valence-electron chi connectivity index (χ4n) is 13.3. The maximum atomic E-state index is 13.7. The summed E-state index contributed by atoms with van der Waals surface area (Å²) >= 11 is 0. The van der Waals surface area contributed by atoms with Gasteiger partial charge in [-0.25, -0.2) is 8.78 Å². The number of furan rings is 2. The molecule has 6 aliphatic heterocycles. The lowest BCUT2D eigenvalue weighted by Crippen LogP contribution is -2.46. The van der Waals surface area contributed by atoms with Crippen LogP contribution in [0.1, 0.15) is 121 Å². The lowest BCUT2D eigenvalue weighted by molar-refractivity contribution is -0.127. The van der Waals surface area contributed by atoms with E-state index >= 15 is 0 Å². The lowest BCUT2D eigenvalue weighted by atomic mass is 9.74. The minimum absolute atomic E-state index is 0.0216. The number of halogens is 2. The first-order valence-corrected chi connectivity index (χ1v) is 31.9. The van der Waals surface area contributed by atoms with Crippen molar-refractivity contribution in [2.24, 2.45) is 11.5 Å². The summed E-state index contributed by atoms with van der Waals surface area (Å²) in [5, 5.41) is 8.33. The van der Waals surface area contributed by atoms with Crippen molar-refractivity contribution in [2.45, 2.75) is 67.7 Å². The second kappa shape index (κ2) is 27.9. The molecule has 5 N–H and O–H groups in total. The first-order valence-electron chi connectivity index (χ1n) is 31.9. The topological polar surface area (TPSA) is 194 Å². The number of carbonyl (C=O) groups excluding carboxylic acids is 3. The molecular formula is C77H75F2N7O8. The van der Waals surface area contributed by atoms with Crippen molar-refractivity contribution in [3.8, 4) is 40.9 Å². The van der Waals surface area contributed by atoms with Gasteiger partial charge in [0.25, 0.3) is 11.8 Å². The molecule has 3 spiro atoms. The Kier molecular flexibility index (Phi) is 19.0. The number of hydrogen-bond acceptors (Lipinski definition) is 11. The zero-order chi connectivity index (χ0) is 65.4. The summed E-state index contributed by atoms with van der Waals surface area (Å²) in [5.41, 5.74) is 20.0. The number of rotatable bonds is 8. The van der Waals surface area contributed by atoms with Crippen LogP contribution in [-0.2, 0) is 34.0 Å². The molecule has 8 heterocycles. The zero-order valence-electron chi connectivity index (χ0n) is 52.9. The number of piperidine rings is 3. The van der Waals surface area contributed by atoms with Crippen LogP contribution in [0.25, 0.3) is 6.08 Å². The van der Waals surface area contributed by atoms with Gasteiger partial charge < -0.3 is 54.1 Å². The van der Waals surface area contributed by atoms with Gasteiger partial charge in [-0.2, -0.15) is 0 Å². The molecule has 0 atom stereocenters. The van der Waals surface area contributed by atoms with E-state index in [1.54, 1.807) is 34.1 Å². The van der Waals surface area contributed by atoms with E-state index in [1.165, 1.54) is 41.0 Å². The third-order valence-electron chi connectivity index (χ3n) is 19.0. The number of nitrogens with one attached hydrogen (secondary N) is 1. The molecule has 0 radical (unpaired) electrons. The minimum atomic E-state index is -0.945. The van der Waals surface area contributed by atoms with Crippen LogP contribution in [0.5, 0.6) is 17.2 Å². The average Bonchev–Trinajstić information content (AvgIpc) is 1.62. The predicted molar refractivity (Wildman–Crippen MR) is 356 cm³/mol. The van der Waals surface area contributed by atoms with E-state index < -0.39 is 11.6 Å². The highest BCUT2D eigenvalue weighted by atomic mass is 19.2. The highest BCUT2D eigenvalue weighted by molar-refractivity contribution is 5.97. The van der Waals surface area contributed by atoms with Crippen molar-refractivity contribution >= 4 is 29.6 Å². The Morgan fingerprint density at radius 2 is 1.00 bits per heavy atom. The van der Waals surface area contributed by atoms with Crippen LogP contribution in [0.15, 0.2) is 173 Å². The van der Waals surface area contributed by atoms with Crippen LogP contribution in [0, 0.1) is 40.7 Å². The highest BCUT2D eigenvalue weighted by Crippen LogP contribution is 2.49. The molecule has 17 heteroatoms. The van der Waals surface area contributed by atoms with Gasteiger partial charge in [-0.3, -0.25) is 19.8 Å². The molecule has 0 unspecified atom stereocenters.